The van der Waals surface area contributed by atoms with Gasteiger partial charge in [-0.05, 0) is 59.8 Å². The number of hydrogen-bond donors (Lipinski definition) is 1. The first-order chi connectivity index (χ1) is 12.1. The molecule has 1 saturated heterocycles. The fourth-order valence-electron chi connectivity index (χ4n) is 2.23. The number of methoxy groups -OCH3 is 1. The van der Waals surface area contributed by atoms with Crippen molar-refractivity contribution in [2.45, 2.75) is 0 Å². The lowest BCUT2D eigenvalue weighted by molar-refractivity contribution is -0.122. The molecule has 2 amide bonds. The van der Waals surface area contributed by atoms with Crippen LogP contribution in [0.5, 0.6) is 5.75 Å². The average Bonchev–Trinajstić information content (AvgIpc) is 2.89. The van der Waals surface area contributed by atoms with Crippen LogP contribution in [0.2, 0.25) is 0 Å². The fourth-order valence-corrected chi connectivity index (χ4v) is 3.06. The number of rotatable bonds is 5. The van der Waals surface area contributed by atoms with Crippen molar-refractivity contribution in [2.75, 3.05) is 19.1 Å². The Kier molecular flexibility index (Phi) is 5.04. The molecule has 128 valence electrons. The summed E-state index contributed by atoms with van der Waals surface area (Å²) in [5, 5.41) is 2.68. The minimum atomic E-state index is -0.375. The van der Waals surface area contributed by atoms with Crippen LogP contribution in [0, 0.1) is 5.82 Å². The van der Waals surface area contributed by atoms with Gasteiger partial charge in [-0.1, -0.05) is 12.1 Å². The van der Waals surface area contributed by atoms with Crippen molar-refractivity contribution in [1.82, 2.24) is 4.90 Å². The van der Waals surface area contributed by atoms with Gasteiger partial charge in [0.2, 0.25) is 0 Å². The molecule has 1 aliphatic heterocycles. The van der Waals surface area contributed by atoms with Crippen LogP contribution >= 0.6 is 11.8 Å². The van der Waals surface area contributed by atoms with Gasteiger partial charge in [0.1, 0.15) is 11.6 Å². The maximum atomic E-state index is 12.9. The van der Waals surface area contributed by atoms with Crippen LogP contribution in [0.4, 0.5) is 14.9 Å². The highest BCUT2D eigenvalue weighted by Crippen LogP contribution is 2.32. The van der Waals surface area contributed by atoms with Gasteiger partial charge in [0.15, 0.2) is 0 Å². The van der Waals surface area contributed by atoms with Gasteiger partial charge in [-0.3, -0.25) is 14.5 Å². The lowest BCUT2D eigenvalue weighted by Gasteiger charge is -2.14. The first kappa shape index (κ1) is 17.0. The molecule has 2 aromatic rings. The molecule has 7 heteroatoms. The van der Waals surface area contributed by atoms with Gasteiger partial charge in [0.25, 0.3) is 11.1 Å². The number of anilines is 1. The van der Waals surface area contributed by atoms with Gasteiger partial charge in [0, 0.05) is 5.69 Å². The summed E-state index contributed by atoms with van der Waals surface area (Å²) in [5.74, 6) is -0.00627. The smallest absolute Gasteiger partial charge is 0.295 e. The first-order valence-electron chi connectivity index (χ1n) is 7.45. The second kappa shape index (κ2) is 7.40. The van der Waals surface area contributed by atoms with Gasteiger partial charge in [-0.25, -0.2) is 4.39 Å². The minimum Gasteiger partial charge on any atom is -0.497 e. The maximum absolute atomic E-state index is 12.9. The van der Waals surface area contributed by atoms with Crippen LogP contribution in [-0.4, -0.2) is 29.8 Å². The topological polar surface area (TPSA) is 58.6 Å². The third kappa shape index (κ3) is 4.00. The highest BCUT2D eigenvalue weighted by atomic mass is 32.2. The summed E-state index contributed by atoms with van der Waals surface area (Å²) in [6.45, 7) is 0.0672. The molecule has 0 spiro atoms. The third-order valence-electron chi connectivity index (χ3n) is 3.57. The second-order valence-electron chi connectivity index (χ2n) is 5.22. The van der Waals surface area contributed by atoms with Crippen molar-refractivity contribution in [3.63, 3.8) is 0 Å². The van der Waals surface area contributed by atoms with E-state index in [0.29, 0.717) is 10.5 Å². The zero-order valence-electron chi connectivity index (χ0n) is 13.4. The van der Waals surface area contributed by atoms with E-state index < -0.39 is 0 Å². The van der Waals surface area contributed by atoms with Gasteiger partial charge in [0.05, 0.1) is 18.7 Å². The molecule has 1 fully saturated rings. The van der Waals surface area contributed by atoms with Crippen molar-refractivity contribution < 1.29 is 18.7 Å². The SMILES string of the molecule is COc1ccc(NCN2C(=O)SC(=Cc3ccc(F)cc3)C2=O)cc1. The van der Waals surface area contributed by atoms with Gasteiger partial charge < -0.3 is 10.1 Å². The summed E-state index contributed by atoms with van der Waals surface area (Å²) in [5.41, 5.74) is 1.43. The van der Waals surface area contributed by atoms with Crippen molar-refractivity contribution in [3.05, 3.63) is 64.8 Å². The molecule has 5 nitrogen and oxygen atoms in total. The molecule has 0 saturated carbocycles. The highest BCUT2D eigenvalue weighted by Gasteiger charge is 2.34. The molecule has 2 aromatic carbocycles. The number of benzene rings is 2. The molecule has 25 heavy (non-hydrogen) atoms. The number of thioether (sulfide) groups is 1. The summed E-state index contributed by atoms with van der Waals surface area (Å²) in [4.78, 5) is 25.9. The van der Waals surface area contributed by atoms with Crippen LogP contribution in [0.25, 0.3) is 6.08 Å². The summed E-state index contributed by atoms with van der Waals surface area (Å²) >= 11 is 0.867. The summed E-state index contributed by atoms with van der Waals surface area (Å²) < 4.78 is 18.0. The van der Waals surface area contributed by atoms with E-state index in [2.05, 4.69) is 5.32 Å². The zero-order valence-corrected chi connectivity index (χ0v) is 14.2. The van der Waals surface area contributed by atoms with Gasteiger partial charge in [-0.15, -0.1) is 0 Å². The molecule has 1 aliphatic rings. The van der Waals surface area contributed by atoms with E-state index in [1.54, 1.807) is 49.6 Å². The number of nitrogens with one attached hydrogen (secondary N) is 1. The Bertz CT molecular complexity index is 819. The molecule has 0 aliphatic carbocycles. The van der Waals surface area contributed by atoms with E-state index in [1.807, 2.05) is 0 Å². The van der Waals surface area contributed by atoms with E-state index in [9.17, 15) is 14.0 Å². The molecule has 0 atom stereocenters. The normalized spacial score (nSPS) is 15.8. The Balaban J connectivity index is 1.67. The standard InChI is InChI=1S/C18H15FN2O3S/c1-24-15-8-6-14(7-9-15)20-11-21-17(22)16(25-18(21)23)10-12-2-4-13(19)5-3-12/h2-10,20H,11H2,1H3. The van der Waals surface area contributed by atoms with E-state index >= 15 is 0 Å². The van der Waals surface area contributed by atoms with Crippen LogP contribution < -0.4 is 10.1 Å². The van der Waals surface area contributed by atoms with E-state index in [0.717, 1.165) is 28.1 Å². The molecule has 1 N–H and O–H groups in total. The van der Waals surface area contributed by atoms with Crippen LogP contribution in [0.3, 0.4) is 0 Å². The van der Waals surface area contributed by atoms with Gasteiger partial charge in [-0.2, -0.15) is 0 Å². The molecule has 1 heterocycles. The predicted molar refractivity (Wildman–Crippen MR) is 95.7 cm³/mol. The number of carbonyl (C=O) groups excluding carboxylic acids is 2. The van der Waals surface area contributed by atoms with Crippen molar-refractivity contribution >= 4 is 34.7 Å². The molecule has 3 rings (SSSR count). The number of hydrogen-bond acceptors (Lipinski definition) is 5. The molecular weight excluding hydrogens is 343 g/mol. The van der Waals surface area contributed by atoms with Crippen LogP contribution in [0.15, 0.2) is 53.4 Å². The molecule has 0 radical (unpaired) electrons. The minimum absolute atomic E-state index is 0.0672. The average molecular weight is 358 g/mol. The highest BCUT2D eigenvalue weighted by molar-refractivity contribution is 8.18. The fraction of sp³-hybridized carbons (Fsp3) is 0.111. The number of ether oxygens (including phenoxy) is 1. The molecular formula is C18H15FN2O3S. The Morgan fingerprint density at radius 1 is 1.12 bits per heavy atom. The number of imide groups is 1. The molecule has 0 bridgehead atoms. The Hall–Kier alpha value is -2.80. The van der Waals surface area contributed by atoms with E-state index in [4.69, 9.17) is 4.74 Å². The molecule has 0 aromatic heterocycles. The van der Waals surface area contributed by atoms with Crippen LogP contribution in [-0.2, 0) is 4.79 Å². The third-order valence-corrected chi connectivity index (χ3v) is 4.48. The zero-order chi connectivity index (χ0) is 17.8. The Labute approximate surface area is 148 Å². The predicted octanol–water partition coefficient (Wildman–Crippen LogP) is 3.94. The van der Waals surface area contributed by atoms with Gasteiger partial charge >= 0.3 is 0 Å². The summed E-state index contributed by atoms with van der Waals surface area (Å²) in [7, 11) is 1.58. The quantitative estimate of drug-likeness (QED) is 0.821. The summed E-state index contributed by atoms with van der Waals surface area (Å²) in [6.07, 6.45) is 1.58. The first-order valence-corrected chi connectivity index (χ1v) is 8.27. The summed E-state index contributed by atoms with van der Waals surface area (Å²) in [6, 6.07) is 12.9. The van der Waals surface area contributed by atoms with Crippen molar-refractivity contribution in [2.24, 2.45) is 0 Å². The number of nitrogens with zero attached hydrogens (tertiary/aromatic N) is 1. The number of amides is 2. The Morgan fingerprint density at radius 3 is 2.44 bits per heavy atom. The van der Waals surface area contributed by atoms with Crippen molar-refractivity contribution in [3.8, 4) is 5.75 Å². The maximum Gasteiger partial charge on any atom is 0.295 e. The number of halogens is 1. The van der Waals surface area contributed by atoms with Crippen molar-refractivity contribution in [1.29, 1.82) is 0 Å². The Morgan fingerprint density at radius 2 is 1.80 bits per heavy atom. The lowest BCUT2D eigenvalue weighted by Crippen LogP contribution is -2.33. The van der Waals surface area contributed by atoms with E-state index in [-0.39, 0.29) is 23.6 Å². The lowest BCUT2D eigenvalue weighted by atomic mass is 10.2. The monoisotopic (exact) mass is 358 g/mol. The second-order valence-corrected chi connectivity index (χ2v) is 6.22. The largest absolute Gasteiger partial charge is 0.497 e. The van der Waals surface area contributed by atoms with E-state index in [1.165, 1.54) is 12.1 Å². The molecule has 0 unspecified atom stereocenters. The number of carbonyl (C=O) groups is 2. The van der Waals surface area contributed by atoms with Crippen LogP contribution in [0.1, 0.15) is 5.56 Å².